The lowest BCUT2D eigenvalue weighted by molar-refractivity contribution is 0.611. The average molecular weight is 277 g/mol. The summed E-state index contributed by atoms with van der Waals surface area (Å²) in [5.41, 5.74) is 8.36. The molecule has 1 heteroatoms. The van der Waals surface area contributed by atoms with Gasteiger partial charge in [-0.25, -0.2) is 0 Å². The smallest absolute Gasteiger partial charge is 0.00111 e. The van der Waals surface area contributed by atoms with Crippen molar-refractivity contribution in [1.29, 1.82) is 0 Å². The van der Waals surface area contributed by atoms with Crippen LogP contribution in [0.1, 0.15) is 35.1 Å². The average Bonchev–Trinajstić information content (AvgIpc) is 2.52. The van der Waals surface area contributed by atoms with Crippen molar-refractivity contribution in [3.05, 3.63) is 76.4 Å². The molecule has 0 spiro atoms. The van der Waals surface area contributed by atoms with Crippen molar-refractivity contribution in [3.8, 4) is 0 Å². The Morgan fingerprint density at radius 2 is 1.14 bits per heavy atom. The molecule has 21 heavy (non-hydrogen) atoms. The third-order valence-electron chi connectivity index (χ3n) is 4.24. The quantitative estimate of drug-likeness (QED) is 0.853. The van der Waals surface area contributed by atoms with Gasteiger partial charge in [0.05, 0.1) is 0 Å². The normalized spacial score (nSPS) is 15.0. The predicted octanol–water partition coefficient (Wildman–Crippen LogP) is 4.49. The minimum absolute atomic E-state index is 1.09. The standard InChI is InChI=1S/C20H23N/c1-15-3-7-17(8-4-15)20(19-11-13-21-14-12-19)18-9-5-16(2)6-10-18/h3-10,21H,11-14H2,1-2H3. The van der Waals surface area contributed by atoms with Crippen molar-refractivity contribution in [2.75, 3.05) is 13.1 Å². The Morgan fingerprint density at radius 1 is 0.714 bits per heavy atom. The molecule has 0 atom stereocenters. The zero-order chi connectivity index (χ0) is 14.7. The summed E-state index contributed by atoms with van der Waals surface area (Å²) >= 11 is 0. The SMILES string of the molecule is Cc1ccc(C(=C2CCNCC2)c2ccc(C)cc2)cc1. The highest BCUT2D eigenvalue weighted by Crippen LogP contribution is 2.31. The van der Waals surface area contributed by atoms with E-state index in [4.69, 9.17) is 0 Å². The van der Waals surface area contributed by atoms with Gasteiger partial charge in [-0.05, 0) is 56.5 Å². The Morgan fingerprint density at radius 3 is 1.57 bits per heavy atom. The number of piperidine rings is 1. The van der Waals surface area contributed by atoms with Gasteiger partial charge in [0.1, 0.15) is 0 Å². The zero-order valence-electron chi connectivity index (χ0n) is 12.9. The van der Waals surface area contributed by atoms with Crippen molar-refractivity contribution < 1.29 is 0 Å². The van der Waals surface area contributed by atoms with Crippen LogP contribution in [0.5, 0.6) is 0 Å². The molecule has 0 unspecified atom stereocenters. The highest BCUT2D eigenvalue weighted by molar-refractivity contribution is 5.82. The van der Waals surface area contributed by atoms with Crippen LogP contribution in [0.3, 0.4) is 0 Å². The summed E-state index contributed by atoms with van der Waals surface area (Å²) in [4.78, 5) is 0. The summed E-state index contributed by atoms with van der Waals surface area (Å²) in [6.07, 6.45) is 2.30. The van der Waals surface area contributed by atoms with Crippen LogP contribution in [0.15, 0.2) is 54.1 Å². The van der Waals surface area contributed by atoms with Crippen LogP contribution in [-0.4, -0.2) is 13.1 Å². The number of benzene rings is 2. The molecule has 1 N–H and O–H groups in total. The van der Waals surface area contributed by atoms with Crippen molar-refractivity contribution in [2.24, 2.45) is 0 Å². The van der Waals surface area contributed by atoms with Crippen LogP contribution in [0.2, 0.25) is 0 Å². The summed E-state index contributed by atoms with van der Waals surface area (Å²) in [6.45, 7) is 6.48. The van der Waals surface area contributed by atoms with Gasteiger partial charge in [-0.1, -0.05) is 65.2 Å². The third-order valence-corrected chi connectivity index (χ3v) is 4.24. The predicted molar refractivity (Wildman–Crippen MR) is 90.5 cm³/mol. The van der Waals surface area contributed by atoms with Crippen molar-refractivity contribution >= 4 is 5.57 Å². The van der Waals surface area contributed by atoms with E-state index in [1.165, 1.54) is 27.8 Å². The summed E-state index contributed by atoms with van der Waals surface area (Å²) in [5, 5.41) is 3.46. The first-order valence-corrected chi connectivity index (χ1v) is 7.81. The molecule has 0 saturated carbocycles. The van der Waals surface area contributed by atoms with E-state index < -0.39 is 0 Å². The first kappa shape index (κ1) is 14.1. The molecule has 2 aromatic carbocycles. The molecule has 1 aliphatic heterocycles. The topological polar surface area (TPSA) is 12.0 Å². The fourth-order valence-corrected chi connectivity index (χ4v) is 2.99. The van der Waals surface area contributed by atoms with Crippen LogP contribution in [0.25, 0.3) is 5.57 Å². The molecule has 2 aromatic rings. The van der Waals surface area contributed by atoms with Crippen LogP contribution < -0.4 is 5.32 Å². The summed E-state index contributed by atoms with van der Waals surface area (Å²) in [7, 11) is 0. The molecule has 3 rings (SSSR count). The molecule has 0 aliphatic carbocycles. The van der Waals surface area contributed by atoms with E-state index >= 15 is 0 Å². The molecule has 108 valence electrons. The summed E-state index contributed by atoms with van der Waals surface area (Å²) < 4.78 is 0. The number of rotatable bonds is 2. The highest BCUT2D eigenvalue weighted by atomic mass is 14.9. The third kappa shape index (κ3) is 3.25. The maximum absolute atomic E-state index is 3.46. The lowest BCUT2D eigenvalue weighted by Crippen LogP contribution is -2.23. The number of hydrogen-bond acceptors (Lipinski definition) is 1. The van der Waals surface area contributed by atoms with E-state index in [2.05, 4.69) is 67.7 Å². The van der Waals surface area contributed by atoms with E-state index in [-0.39, 0.29) is 0 Å². The van der Waals surface area contributed by atoms with Gasteiger partial charge in [0, 0.05) is 0 Å². The molecule has 0 radical (unpaired) electrons. The van der Waals surface area contributed by atoms with Crippen LogP contribution in [0.4, 0.5) is 0 Å². The largest absolute Gasteiger partial charge is 0.316 e. The summed E-state index contributed by atoms with van der Waals surface area (Å²) in [5.74, 6) is 0. The monoisotopic (exact) mass is 277 g/mol. The second-order valence-corrected chi connectivity index (χ2v) is 5.96. The fourth-order valence-electron chi connectivity index (χ4n) is 2.99. The Bertz CT molecular complexity index is 577. The van der Waals surface area contributed by atoms with Crippen molar-refractivity contribution in [1.82, 2.24) is 5.32 Å². The highest BCUT2D eigenvalue weighted by Gasteiger charge is 2.14. The minimum Gasteiger partial charge on any atom is -0.316 e. The Hall–Kier alpha value is -1.86. The molecule has 1 nitrogen and oxygen atoms in total. The van der Waals surface area contributed by atoms with Gasteiger partial charge in [-0.15, -0.1) is 0 Å². The molecule has 0 amide bonds. The Labute approximate surface area is 127 Å². The minimum atomic E-state index is 1.09. The number of hydrogen-bond donors (Lipinski definition) is 1. The van der Waals surface area contributed by atoms with Gasteiger partial charge >= 0.3 is 0 Å². The molecule has 1 fully saturated rings. The van der Waals surface area contributed by atoms with Crippen LogP contribution in [-0.2, 0) is 0 Å². The lowest BCUT2D eigenvalue weighted by Gasteiger charge is -2.21. The maximum atomic E-state index is 3.46. The zero-order valence-corrected chi connectivity index (χ0v) is 12.9. The van der Waals surface area contributed by atoms with Gasteiger partial charge in [-0.2, -0.15) is 0 Å². The van der Waals surface area contributed by atoms with E-state index in [9.17, 15) is 0 Å². The lowest BCUT2D eigenvalue weighted by atomic mass is 9.88. The van der Waals surface area contributed by atoms with E-state index in [1.54, 1.807) is 5.57 Å². The van der Waals surface area contributed by atoms with Crippen molar-refractivity contribution in [2.45, 2.75) is 26.7 Å². The number of aryl methyl sites for hydroxylation is 2. The fraction of sp³-hybridized carbons (Fsp3) is 0.300. The molecule has 1 saturated heterocycles. The molecule has 0 bridgehead atoms. The van der Waals surface area contributed by atoms with E-state index in [1.807, 2.05) is 0 Å². The van der Waals surface area contributed by atoms with Gasteiger partial charge in [-0.3, -0.25) is 0 Å². The van der Waals surface area contributed by atoms with Crippen LogP contribution in [0, 0.1) is 13.8 Å². The first-order valence-electron chi connectivity index (χ1n) is 7.81. The van der Waals surface area contributed by atoms with Gasteiger partial charge in [0.2, 0.25) is 0 Å². The van der Waals surface area contributed by atoms with Gasteiger partial charge < -0.3 is 5.32 Å². The van der Waals surface area contributed by atoms with Gasteiger partial charge in [0.15, 0.2) is 0 Å². The van der Waals surface area contributed by atoms with Crippen LogP contribution >= 0.6 is 0 Å². The maximum Gasteiger partial charge on any atom is -0.00111 e. The Kier molecular flexibility index (Phi) is 4.21. The molecular weight excluding hydrogens is 254 g/mol. The summed E-state index contributed by atoms with van der Waals surface area (Å²) in [6, 6.07) is 17.9. The second kappa shape index (κ2) is 6.28. The van der Waals surface area contributed by atoms with E-state index in [0.717, 1.165) is 25.9 Å². The Balaban J connectivity index is 2.10. The molecule has 1 heterocycles. The first-order chi connectivity index (χ1) is 10.2. The number of nitrogens with one attached hydrogen (secondary N) is 1. The molecule has 1 aliphatic rings. The van der Waals surface area contributed by atoms with Crippen molar-refractivity contribution in [3.63, 3.8) is 0 Å². The molecular formula is C20H23N. The van der Waals surface area contributed by atoms with E-state index in [0.29, 0.717) is 0 Å². The van der Waals surface area contributed by atoms with Gasteiger partial charge in [0.25, 0.3) is 0 Å². The molecule has 0 aromatic heterocycles. The second-order valence-electron chi connectivity index (χ2n) is 5.96.